The minimum atomic E-state index is -0.886. The Morgan fingerprint density at radius 3 is 2.68 bits per heavy atom. The van der Waals surface area contributed by atoms with Crippen LogP contribution in [0.4, 0.5) is 0 Å². The second kappa shape index (κ2) is 8.04. The van der Waals surface area contributed by atoms with Crippen LogP contribution in [0.25, 0.3) is 9.88 Å². The summed E-state index contributed by atoms with van der Waals surface area (Å²) >= 11 is 2.93. The predicted molar refractivity (Wildman–Crippen MR) is 98.6 cm³/mol. The van der Waals surface area contributed by atoms with Crippen LogP contribution in [0.3, 0.4) is 0 Å². The van der Waals surface area contributed by atoms with Gasteiger partial charge >= 0.3 is 5.97 Å². The van der Waals surface area contributed by atoms with Crippen molar-refractivity contribution in [2.24, 2.45) is 0 Å². The van der Waals surface area contributed by atoms with Gasteiger partial charge < -0.3 is 10.1 Å². The Bertz CT molecular complexity index is 844. The van der Waals surface area contributed by atoms with Crippen molar-refractivity contribution >= 4 is 34.6 Å². The molecular formula is C18H16N2O3S2. The molecule has 25 heavy (non-hydrogen) atoms. The number of amides is 1. The molecule has 0 aliphatic heterocycles. The number of thiazole rings is 1. The Morgan fingerprint density at radius 1 is 1.16 bits per heavy atom. The van der Waals surface area contributed by atoms with Crippen LogP contribution < -0.4 is 5.32 Å². The summed E-state index contributed by atoms with van der Waals surface area (Å²) < 4.78 is 5.21. The normalized spacial score (nSPS) is 11.7. The summed E-state index contributed by atoms with van der Waals surface area (Å²) in [7, 11) is 0. The lowest BCUT2D eigenvalue weighted by Gasteiger charge is -2.12. The lowest BCUT2D eigenvalue weighted by Crippen LogP contribution is -2.35. The summed E-state index contributed by atoms with van der Waals surface area (Å²) in [6.45, 7) is 1.94. The van der Waals surface area contributed by atoms with Gasteiger partial charge in [0.25, 0.3) is 5.91 Å². The van der Waals surface area contributed by atoms with E-state index in [4.69, 9.17) is 4.74 Å². The molecule has 7 heteroatoms. The first-order valence-corrected chi connectivity index (χ1v) is 9.41. The number of ether oxygens (including phenoxy) is 1. The topological polar surface area (TPSA) is 68.3 Å². The molecule has 0 aliphatic carbocycles. The van der Waals surface area contributed by atoms with E-state index in [2.05, 4.69) is 10.3 Å². The molecule has 1 atom stereocenters. The third kappa shape index (κ3) is 4.52. The Morgan fingerprint density at radius 2 is 1.96 bits per heavy atom. The zero-order chi connectivity index (χ0) is 17.6. The van der Waals surface area contributed by atoms with E-state index in [1.165, 1.54) is 11.3 Å². The molecule has 0 unspecified atom stereocenters. The van der Waals surface area contributed by atoms with Gasteiger partial charge in [-0.3, -0.25) is 4.79 Å². The highest BCUT2D eigenvalue weighted by Gasteiger charge is 2.21. The number of esters is 1. The van der Waals surface area contributed by atoms with Crippen molar-refractivity contribution in [2.45, 2.75) is 19.6 Å². The number of aromatic nitrogens is 1. The Hall–Kier alpha value is -2.51. The van der Waals surface area contributed by atoms with Crippen molar-refractivity contribution < 1.29 is 14.3 Å². The van der Waals surface area contributed by atoms with E-state index in [-0.39, 0.29) is 11.6 Å². The smallest absolute Gasteiger partial charge is 0.358 e. The number of carbonyl (C=O) groups excluding carboxylic acids is 2. The van der Waals surface area contributed by atoms with Crippen molar-refractivity contribution in [3.63, 3.8) is 0 Å². The van der Waals surface area contributed by atoms with Crippen molar-refractivity contribution in [3.8, 4) is 9.88 Å². The first kappa shape index (κ1) is 17.3. The Kier molecular flexibility index (Phi) is 5.57. The lowest BCUT2D eigenvalue weighted by atomic mass is 10.2. The average molecular weight is 372 g/mol. The molecule has 0 fully saturated rings. The van der Waals surface area contributed by atoms with Crippen molar-refractivity contribution in [2.75, 3.05) is 0 Å². The van der Waals surface area contributed by atoms with E-state index < -0.39 is 12.1 Å². The van der Waals surface area contributed by atoms with Crippen molar-refractivity contribution in [3.05, 3.63) is 64.5 Å². The van der Waals surface area contributed by atoms with Gasteiger partial charge in [-0.2, -0.15) is 0 Å². The maximum absolute atomic E-state index is 12.2. The SMILES string of the molecule is C[C@@H](OC(=O)c1csc(-c2cccs2)n1)C(=O)NCc1ccccc1. The first-order chi connectivity index (χ1) is 12.1. The predicted octanol–water partition coefficient (Wildman–Crippen LogP) is 3.73. The van der Waals surface area contributed by atoms with Gasteiger partial charge in [0.15, 0.2) is 11.8 Å². The summed E-state index contributed by atoms with van der Waals surface area (Å²) in [6, 6.07) is 13.4. The molecule has 3 aromatic rings. The molecule has 0 bridgehead atoms. The van der Waals surface area contributed by atoms with Gasteiger partial charge in [0.1, 0.15) is 5.01 Å². The quantitative estimate of drug-likeness (QED) is 0.670. The van der Waals surface area contributed by atoms with Gasteiger partial charge in [0.05, 0.1) is 4.88 Å². The van der Waals surface area contributed by atoms with Crippen LogP contribution in [0.5, 0.6) is 0 Å². The molecule has 0 saturated heterocycles. The molecule has 3 rings (SSSR count). The zero-order valence-corrected chi connectivity index (χ0v) is 15.1. The molecule has 128 valence electrons. The highest BCUT2D eigenvalue weighted by molar-refractivity contribution is 7.20. The molecule has 0 aliphatic rings. The molecule has 0 spiro atoms. The van der Waals surface area contributed by atoms with Crippen LogP contribution in [-0.2, 0) is 16.1 Å². The van der Waals surface area contributed by atoms with Crippen LogP contribution in [-0.4, -0.2) is 23.0 Å². The third-order valence-electron chi connectivity index (χ3n) is 3.41. The summed E-state index contributed by atoms with van der Waals surface area (Å²) in [5, 5.41) is 7.11. The van der Waals surface area contributed by atoms with Crippen LogP contribution in [0.2, 0.25) is 0 Å². The lowest BCUT2D eigenvalue weighted by molar-refractivity contribution is -0.129. The fourth-order valence-electron chi connectivity index (χ4n) is 2.08. The number of hydrogen-bond donors (Lipinski definition) is 1. The second-order valence-electron chi connectivity index (χ2n) is 5.27. The van der Waals surface area contributed by atoms with E-state index in [0.29, 0.717) is 6.54 Å². The summed E-state index contributed by atoms with van der Waals surface area (Å²) in [4.78, 5) is 29.5. The average Bonchev–Trinajstić information content (AvgIpc) is 3.31. The fraction of sp³-hybridized carbons (Fsp3) is 0.167. The summed E-state index contributed by atoms with van der Waals surface area (Å²) in [5.41, 5.74) is 1.20. The van der Waals surface area contributed by atoms with Crippen molar-refractivity contribution in [1.29, 1.82) is 0 Å². The highest BCUT2D eigenvalue weighted by Crippen LogP contribution is 2.28. The third-order valence-corrected chi connectivity index (χ3v) is 5.29. The van der Waals surface area contributed by atoms with E-state index in [1.807, 2.05) is 47.8 Å². The van der Waals surface area contributed by atoms with Crippen LogP contribution in [0.15, 0.2) is 53.2 Å². The van der Waals surface area contributed by atoms with Gasteiger partial charge in [0.2, 0.25) is 0 Å². The number of nitrogens with zero attached hydrogens (tertiary/aromatic N) is 1. The van der Waals surface area contributed by atoms with Gasteiger partial charge in [-0.15, -0.1) is 22.7 Å². The molecule has 2 heterocycles. The maximum atomic E-state index is 12.2. The number of rotatable bonds is 6. The fourth-order valence-corrected chi connectivity index (χ4v) is 3.69. The largest absolute Gasteiger partial charge is 0.448 e. The standard InChI is InChI=1S/C18H16N2O3S2/c1-12(16(21)19-10-13-6-3-2-4-7-13)23-18(22)14-11-25-17(20-14)15-8-5-9-24-15/h2-9,11-12H,10H2,1H3,(H,19,21)/t12-/m1/s1. The molecule has 1 aromatic carbocycles. The first-order valence-electron chi connectivity index (χ1n) is 7.65. The summed E-state index contributed by atoms with van der Waals surface area (Å²) in [6.07, 6.45) is -0.886. The van der Waals surface area contributed by atoms with Crippen LogP contribution >= 0.6 is 22.7 Å². The van der Waals surface area contributed by atoms with E-state index in [0.717, 1.165) is 15.4 Å². The minimum Gasteiger partial charge on any atom is -0.448 e. The van der Waals surface area contributed by atoms with Gasteiger partial charge in [0, 0.05) is 11.9 Å². The number of thiophene rings is 1. The monoisotopic (exact) mass is 372 g/mol. The Balaban J connectivity index is 1.54. The van der Waals surface area contributed by atoms with Crippen molar-refractivity contribution in [1.82, 2.24) is 10.3 Å². The zero-order valence-electron chi connectivity index (χ0n) is 13.5. The van der Waals surface area contributed by atoms with Gasteiger partial charge in [-0.1, -0.05) is 36.4 Å². The van der Waals surface area contributed by atoms with Crippen LogP contribution in [0, 0.1) is 0 Å². The van der Waals surface area contributed by atoms with E-state index >= 15 is 0 Å². The molecule has 5 nitrogen and oxygen atoms in total. The van der Waals surface area contributed by atoms with Gasteiger partial charge in [-0.25, -0.2) is 9.78 Å². The Labute approximate surface area is 153 Å². The molecule has 1 N–H and O–H groups in total. The molecule has 0 radical (unpaired) electrons. The maximum Gasteiger partial charge on any atom is 0.358 e. The van der Waals surface area contributed by atoms with E-state index in [1.54, 1.807) is 23.6 Å². The molecule has 1 amide bonds. The highest BCUT2D eigenvalue weighted by atomic mass is 32.1. The number of carbonyl (C=O) groups is 2. The van der Waals surface area contributed by atoms with E-state index in [9.17, 15) is 9.59 Å². The number of nitrogens with one attached hydrogen (secondary N) is 1. The number of benzene rings is 1. The summed E-state index contributed by atoms with van der Waals surface area (Å²) in [5.74, 6) is -0.938. The van der Waals surface area contributed by atoms with Crippen LogP contribution in [0.1, 0.15) is 23.0 Å². The molecule has 0 saturated carbocycles. The van der Waals surface area contributed by atoms with Gasteiger partial charge in [-0.05, 0) is 23.9 Å². The molecule has 2 aromatic heterocycles. The number of hydrogen-bond acceptors (Lipinski definition) is 6. The molecular weight excluding hydrogens is 356 g/mol. The second-order valence-corrected chi connectivity index (χ2v) is 7.07. The minimum absolute atomic E-state index is 0.219.